The van der Waals surface area contributed by atoms with Gasteiger partial charge in [0.15, 0.2) is 5.76 Å². The highest BCUT2D eigenvalue weighted by atomic mass is 16.5. The molecule has 0 atom stereocenters. The molecule has 1 heterocycles. The number of aryl methyl sites for hydroxylation is 1. The summed E-state index contributed by atoms with van der Waals surface area (Å²) in [6, 6.07) is 12.4. The van der Waals surface area contributed by atoms with Crippen LogP contribution in [0.25, 0.3) is 0 Å². The fraction of sp³-hybridized carbons (Fsp3) is 0.400. The van der Waals surface area contributed by atoms with E-state index in [1.807, 2.05) is 19.2 Å². The Balaban J connectivity index is 1.61. The topological polar surface area (TPSA) is 47.3 Å². The summed E-state index contributed by atoms with van der Waals surface area (Å²) in [5.41, 5.74) is 2.26. The standard InChI is InChI=1S/C15H20N2O2/c1-16-11-14-10-15(19-17-14)12-18-9-5-8-13-6-3-2-4-7-13/h2-4,6-7,10,16H,5,8-9,11-12H2,1H3. The van der Waals surface area contributed by atoms with Crippen LogP contribution in [0.2, 0.25) is 0 Å². The van der Waals surface area contributed by atoms with Gasteiger partial charge in [0.2, 0.25) is 0 Å². The van der Waals surface area contributed by atoms with Gasteiger partial charge in [-0.05, 0) is 25.5 Å². The summed E-state index contributed by atoms with van der Waals surface area (Å²) in [5.74, 6) is 0.782. The van der Waals surface area contributed by atoms with Crippen molar-refractivity contribution in [3.63, 3.8) is 0 Å². The zero-order valence-corrected chi connectivity index (χ0v) is 11.3. The Hall–Kier alpha value is -1.65. The summed E-state index contributed by atoms with van der Waals surface area (Å²) in [6.07, 6.45) is 2.06. The Bertz CT molecular complexity index is 468. The molecule has 4 heteroatoms. The molecule has 0 saturated carbocycles. The number of hydrogen-bond donors (Lipinski definition) is 1. The minimum absolute atomic E-state index is 0.492. The Kier molecular flexibility index (Phi) is 5.59. The van der Waals surface area contributed by atoms with E-state index in [1.165, 1.54) is 5.56 Å². The number of nitrogens with zero attached hydrogens (tertiary/aromatic N) is 1. The van der Waals surface area contributed by atoms with E-state index in [1.54, 1.807) is 0 Å². The summed E-state index contributed by atoms with van der Waals surface area (Å²) in [5, 5.41) is 6.96. The minimum Gasteiger partial charge on any atom is -0.373 e. The molecule has 1 aromatic carbocycles. The Morgan fingerprint density at radius 1 is 1.26 bits per heavy atom. The average Bonchev–Trinajstić information content (AvgIpc) is 2.88. The van der Waals surface area contributed by atoms with Crippen LogP contribution in [0.3, 0.4) is 0 Å². The predicted octanol–water partition coefficient (Wildman–Crippen LogP) is 2.54. The third kappa shape index (κ3) is 4.85. The third-order valence-electron chi connectivity index (χ3n) is 2.81. The van der Waals surface area contributed by atoms with Crippen LogP contribution in [0.15, 0.2) is 40.9 Å². The molecule has 0 amide bonds. The Morgan fingerprint density at radius 2 is 2.11 bits per heavy atom. The smallest absolute Gasteiger partial charge is 0.162 e. The van der Waals surface area contributed by atoms with E-state index in [2.05, 4.69) is 34.7 Å². The van der Waals surface area contributed by atoms with E-state index in [-0.39, 0.29) is 0 Å². The summed E-state index contributed by atoms with van der Waals surface area (Å²) < 4.78 is 10.7. The molecule has 0 fully saturated rings. The molecule has 0 aliphatic heterocycles. The molecule has 0 unspecified atom stereocenters. The highest BCUT2D eigenvalue weighted by Gasteiger charge is 2.03. The molecule has 2 aromatic rings. The molecule has 0 bridgehead atoms. The molecule has 19 heavy (non-hydrogen) atoms. The maximum atomic E-state index is 5.58. The molecular formula is C15H20N2O2. The summed E-state index contributed by atoms with van der Waals surface area (Å²) in [7, 11) is 1.88. The van der Waals surface area contributed by atoms with Crippen molar-refractivity contribution in [1.82, 2.24) is 10.5 Å². The second-order valence-electron chi connectivity index (χ2n) is 4.46. The molecule has 0 saturated heterocycles. The van der Waals surface area contributed by atoms with Crippen molar-refractivity contribution in [3.05, 3.63) is 53.4 Å². The first-order valence-electron chi connectivity index (χ1n) is 6.59. The summed E-state index contributed by atoms with van der Waals surface area (Å²) in [6.45, 7) is 1.94. The van der Waals surface area contributed by atoms with Gasteiger partial charge >= 0.3 is 0 Å². The molecule has 0 aliphatic carbocycles. The number of hydrogen-bond acceptors (Lipinski definition) is 4. The van der Waals surface area contributed by atoms with Crippen molar-refractivity contribution in [1.29, 1.82) is 0 Å². The van der Waals surface area contributed by atoms with Gasteiger partial charge < -0.3 is 14.6 Å². The number of ether oxygens (including phenoxy) is 1. The van der Waals surface area contributed by atoms with Crippen molar-refractivity contribution in [3.8, 4) is 0 Å². The highest BCUT2D eigenvalue weighted by Crippen LogP contribution is 2.06. The number of benzene rings is 1. The molecule has 102 valence electrons. The van der Waals surface area contributed by atoms with Crippen LogP contribution in [0.5, 0.6) is 0 Å². The lowest BCUT2D eigenvalue weighted by molar-refractivity contribution is 0.0992. The van der Waals surface area contributed by atoms with Crippen LogP contribution in [-0.2, 0) is 24.3 Å². The second kappa shape index (κ2) is 7.71. The lowest BCUT2D eigenvalue weighted by Gasteiger charge is -2.02. The minimum atomic E-state index is 0.492. The SMILES string of the molecule is CNCc1cc(COCCCc2ccccc2)on1. The molecule has 0 radical (unpaired) electrons. The molecular weight excluding hydrogens is 240 g/mol. The molecule has 4 nitrogen and oxygen atoms in total. The van der Waals surface area contributed by atoms with Crippen molar-refractivity contribution >= 4 is 0 Å². The maximum Gasteiger partial charge on any atom is 0.162 e. The maximum absolute atomic E-state index is 5.58. The summed E-state index contributed by atoms with van der Waals surface area (Å²) >= 11 is 0. The van der Waals surface area contributed by atoms with Gasteiger partial charge in [-0.2, -0.15) is 0 Å². The third-order valence-corrected chi connectivity index (χ3v) is 2.81. The first-order chi connectivity index (χ1) is 9.38. The second-order valence-corrected chi connectivity index (χ2v) is 4.46. The zero-order chi connectivity index (χ0) is 13.3. The van der Waals surface area contributed by atoms with Crippen molar-refractivity contribution in [2.45, 2.75) is 26.0 Å². The largest absolute Gasteiger partial charge is 0.373 e. The van der Waals surface area contributed by atoms with Crippen molar-refractivity contribution in [2.75, 3.05) is 13.7 Å². The fourth-order valence-electron chi connectivity index (χ4n) is 1.88. The van der Waals surface area contributed by atoms with Crippen LogP contribution < -0.4 is 5.32 Å². The first kappa shape index (κ1) is 13.8. The molecule has 1 aromatic heterocycles. The van der Waals surface area contributed by atoms with Gasteiger partial charge in [-0.3, -0.25) is 0 Å². The predicted molar refractivity (Wildman–Crippen MR) is 73.7 cm³/mol. The van der Waals surface area contributed by atoms with Crippen LogP contribution in [-0.4, -0.2) is 18.8 Å². The van der Waals surface area contributed by atoms with E-state index in [4.69, 9.17) is 9.26 Å². The van der Waals surface area contributed by atoms with E-state index in [0.717, 1.165) is 37.4 Å². The molecule has 0 aliphatic rings. The van der Waals surface area contributed by atoms with Crippen LogP contribution in [0.4, 0.5) is 0 Å². The first-order valence-corrected chi connectivity index (χ1v) is 6.59. The van der Waals surface area contributed by atoms with Gasteiger partial charge in [-0.25, -0.2) is 0 Å². The Labute approximate surface area is 113 Å². The molecule has 2 rings (SSSR count). The summed E-state index contributed by atoms with van der Waals surface area (Å²) in [4.78, 5) is 0. The lowest BCUT2D eigenvalue weighted by atomic mass is 10.1. The quantitative estimate of drug-likeness (QED) is 0.741. The number of nitrogens with one attached hydrogen (secondary N) is 1. The van der Waals surface area contributed by atoms with Gasteiger partial charge in [0.05, 0.1) is 5.69 Å². The van der Waals surface area contributed by atoms with Crippen molar-refractivity contribution in [2.24, 2.45) is 0 Å². The highest BCUT2D eigenvalue weighted by molar-refractivity contribution is 5.14. The van der Waals surface area contributed by atoms with Gasteiger partial charge in [-0.15, -0.1) is 0 Å². The van der Waals surface area contributed by atoms with Gasteiger partial charge in [0, 0.05) is 19.2 Å². The van der Waals surface area contributed by atoms with E-state index in [0.29, 0.717) is 6.61 Å². The number of rotatable bonds is 8. The fourth-order valence-corrected chi connectivity index (χ4v) is 1.88. The monoisotopic (exact) mass is 260 g/mol. The van der Waals surface area contributed by atoms with Crippen LogP contribution in [0.1, 0.15) is 23.4 Å². The van der Waals surface area contributed by atoms with E-state index >= 15 is 0 Å². The van der Waals surface area contributed by atoms with Gasteiger partial charge in [0.25, 0.3) is 0 Å². The van der Waals surface area contributed by atoms with E-state index in [9.17, 15) is 0 Å². The lowest BCUT2D eigenvalue weighted by Crippen LogP contribution is -2.04. The average molecular weight is 260 g/mol. The van der Waals surface area contributed by atoms with Gasteiger partial charge in [0.1, 0.15) is 6.61 Å². The normalized spacial score (nSPS) is 10.8. The number of aromatic nitrogens is 1. The Morgan fingerprint density at radius 3 is 2.89 bits per heavy atom. The van der Waals surface area contributed by atoms with Crippen LogP contribution >= 0.6 is 0 Å². The van der Waals surface area contributed by atoms with Crippen molar-refractivity contribution < 1.29 is 9.26 Å². The molecule has 0 spiro atoms. The van der Waals surface area contributed by atoms with Crippen LogP contribution in [0, 0.1) is 0 Å². The molecule has 1 N–H and O–H groups in total. The van der Waals surface area contributed by atoms with Gasteiger partial charge in [-0.1, -0.05) is 35.5 Å². The zero-order valence-electron chi connectivity index (χ0n) is 11.3. The van der Waals surface area contributed by atoms with E-state index < -0.39 is 0 Å².